The summed E-state index contributed by atoms with van der Waals surface area (Å²) in [5.74, 6) is 0. The molecule has 2 nitrogen and oxygen atoms in total. The van der Waals surface area contributed by atoms with E-state index in [4.69, 9.17) is 5.26 Å². The lowest BCUT2D eigenvalue weighted by Crippen LogP contribution is -2.28. The molecule has 0 heterocycles. The van der Waals surface area contributed by atoms with Gasteiger partial charge in [0.25, 0.3) is 0 Å². The Morgan fingerprint density at radius 1 is 1.24 bits per heavy atom. The van der Waals surface area contributed by atoms with Crippen molar-refractivity contribution in [2.45, 2.75) is 31.6 Å². The van der Waals surface area contributed by atoms with Gasteiger partial charge in [-0.25, -0.2) is 0 Å². The summed E-state index contributed by atoms with van der Waals surface area (Å²) in [6.07, 6.45) is -5.36. The highest BCUT2D eigenvalue weighted by Crippen LogP contribution is 2.22. The van der Waals surface area contributed by atoms with E-state index in [2.05, 4.69) is 5.32 Å². The molecule has 0 aliphatic carbocycles. The molecule has 92 valence electrons. The van der Waals surface area contributed by atoms with Crippen molar-refractivity contribution >= 4 is 0 Å². The molecule has 0 saturated carbocycles. The van der Waals surface area contributed by atoms with Crippen molar-refractivity contribution in [1.82, 2.24) is 5.32 Å². The Morgan fingerprint density at radius 2 is 1.88 bits per heavy atom. The Kier molecular flexibility index (Phi) is 4.98. The average Bonchev–Trinajstić information content (AvgIpc) is 2.29. The number of halogens is 3. The van der Waals surface area contributed by atoms with E-state index in [0.717, 1.165) is 5.56 Å². The van der Waals surface area contributed by atoms with E-state index in [1.807, 2.05) is 36.4 Å². The molecule has 0 saturated heterocycles. The zero-order valence-electron chi connectivity index (χ0n) is 9.17. The van der Waals surface area contributed by atoms with Crippen molar-refractivity contribution < 1.29 is 13.2 Å². The molecule has 1 rings (SSSR count). The smallest absolute Gasteiger partial charge is 0.298 e. The molecule has 1 unspecified atom stereocenters. The summed E-state index contributed by atoms with van der Waals surface area (Å²) >= 11 is 0. The van der Waals surface area contributed by atoms with Crippen LogP contribution in [-0.2, 0) is 6.54 Å². The maximum atomic E-state index is 12.0. The van der Waals surface area contributed by atoms with Crippen molar-refractivity contribution in [3.05, 3.63) is 35.9 Å². The van der Waals surface area contributed by atoms with Gasteiger partial charge in [0.05, 0.1) is 12.1 Å². The van der Waals surface area contributed by atoms with E-state index in [0.29, 0.717) is 6.54 Å². The van der Waals surface area contributed by atoms with Gasteiger partial charge in [-0.05, 0) is 12.0 Å². The molecule has 0 fully saturated rings. The maximum absolute atomic E-state index is 12.0. The van der Waals surface area contributed by atoms with Gasteiger partial charge >= 0.3 is 6.18 Å². The van der Waals surface area contributed by atoms with Crippen LogP contribution in [0.3, 0.4) is 0 Å². The fraction of sp³-hybridized carbons (Fsp3) is 0.417. The summed E-state index contributed by atoms with van der Waals surface area (Å²) < 4.78 is 35.9. The molecular formula is C12H13F3N2. The lowest BCUT2D eigenvalue weighted by molar-refractivity contribution is -0.136. The summed E-state index contributed by atoms with van der Waals surface area (Å²) in [7, 11) is 0. The van der Waals surface area contributed by atoms with Crippen LogP contribution in [0.25, 0.3) is 0 Å². The molecule has 0 aromatic heterocycles. The van der Waals surface area contributed by atoms with Crippen LogP contribution in [-0.4, -0.2) is 12.2 Å². The van der Waals surface area contributed by atoms with Gasteiger partial charge in [0.1, 0.15) is 0 Å². The zero-order valence-corrected chi connectivity index (χ0v) is 9.17. The summed E-state index contributed by atoms with van der Waals surface area (Å²) in [4.78, 5) is 0. The minimum atomic E-state index is -4.20. The first-order valence-electron chi connectivity index (χ1n) is 5.25. The van der Waals surface area contributed by atoms with Crippen LogP contribution in [0.1, 0.15) is 18.4 Å². The third-order valence-electron chi connectivity index (χ3n) is 2.27. The van der Waals surface area contributed by atoms with Gasteiger partial charge in [-0.3, -0.25) is 5.32 Å². The SMILES string of the molecule is N#CC(CCC(F)(F)F)NCc1ccccc1. The monoisotopic (exact) mass is 242 g/mol. The number of hydrogen-bond donors (Lipinski definition) is 1. The van der Waals surface area contributed by atoms with Crippen LogP contribution in [0.4, 0.5) is 13.2 Å². The third kappa shape index (κ3) is 5.93. The fourth-order valence-electron chi connectivity index (χ4n) is 1.36. The lowest BCUT2D eigenvalue weighted by Gasteiger charge is -2.12. The highest BCUT2D eigenvalue weighted by atomic mass is 19.4. The predicted molar refractivity (Wildman–Crippen MR) is 58.0 cm³/mol. The van der Waals surface area contributed by atoms with Crippen LogP contribution in [0.5, 0.6) is 0 Å². The largest absolute Gasteiger partial charge is 0.389 e. The molecule has 0 spiro atoms. The maximum Gasteiger partial charge on any atom is 0.389 e. The van der Waals surface area contributed by atoms with Crippen LogP contribution in [0, 0.1) is 11.3 Å². The van der Waals surface area contributed by atoms with Crippen LogP contribution < -0.4 is 5.32 Å². The Labute approximate surface area is 98.1 Å². The number of nitriles is 1. The van der Waals surface area contributed by atoms with E-state index in [9.17, 15) is 13.2 Å². The second-order valence-corrected chi connectivity index (χ2v) is 3.70. The summed E-state index contributed by atoms with van der Waals surface area (Å²) in [5.41, 5.74) is 0.944. The normalized spacial score (nSPS) is 13.1. The molecule has 5 heteroatoms. The molecule has 17 heavy (non-hydrogen) atoms. The first kappa shape index (κ1) is 13.5. The van der Waals surface area contributed by atoms with Gasteiger partial charge in [-0.2, -0.15) is 18.4 Å². The van der Waals surface area contributed by atoms with Gasteiger partial charge in [-0.15, -0.1) is 0 Å². The Balaban J connectivity index is 2.36. The van der Waals surface area contributed by atoms with E-state index in [1.165, 1.54) is 0 Å². The standard InChI is InChI=1S/C12H13F3N2/c13-12(14,15)7-6-11(8-16)17-9-10-4-2-1-3-5-10/h1-5,11,17H,6-7,9H2. The van der Waals surface area contributed by atoms with E-state index >= 15 is 0 Å². The zero-order chi connectivity index (χ0) is 12.7. The second kappa shape index (κ2) is 6.26. The summed E-state index contributed by atoms with van der Waals surface area (Å²) in [6.45, 7) is 0.400. The topological polar surface area (TPSA) is 35.8 Å². The minimum Gasteiger partial charge on any atom is -0.298 e. The van der Waals surface area contributed by atoms with Gasteiger partial charge in [0.15, 0.2) is 0 Å². The molecule has 0 bridgehead atoms. The van der Waals surface area contributed by atoms with Crippen LogP contribution >= 0.6 is 0 Å². The average molecular weight is 242 g/mol. The predicted octanol–water partition coefficient (Wildman–Crippen LogP) is 3.01. The highest BCUT2D eigenvalue weighted by Gasteiger charge is 2.28. The summed E-state index contributed by atoms with van der Waals surface area (Å²) in [5, 5.41) is 11.5. The van der Waals surface area contributed by atoms with Crippen LogP contribution in [0.15, 0.2) is 30.3 Å². The van der Waals surface area contributed by atoms with E-state index in [1.54, 1.807) is 0 Å². The molecule has 0 aliphatic heterocycles. The molecule has 1 N–H and O–H groups in total. The van der Waals surface area contributed by atoms with E-state index in [-0.39, 0.29) is 6.42 Å². The van der Waals surface area contributed by atoms with Crippen molar-refractivity contribution in [1.29, 1.82) is 5.26 Å². The highest BCUT2D eigenvalue weighted by molar-refractivity contribution is 5.14. The first-order chi connectivity index (χ1) is 8.01. The molecule has 1 aromatic rings. The van der Waals surface area contributed by atoms with Crippen molar-refractivity contribution in [3.8, 4) is 6.07 Å². The number of benzene rings is 1. The number of hydrogen-bond acceptors (Lipinski definition) is 2. The molecule has 0 radical (unpaired) electrons. The number of rotatable bonds is 5. The van der Waals surface area contributed by atoms with Crippen LogP contribution in [0.2, 0.25) is 0 Å². The van der Waals surface area contributed by atoms with E-state index < -0.39 is 18.6 Å². The van der Waals surface area contributed by atoms with Crippen molar-refractivity contribution in [2.24, 2.45) is 0 Å². The Morgan fingerprint density at radius 3 is 2.41 bits per heavy atom. The number of nitrogens with zero attached hydrogens (tertiary/aromatic N) is 1. The molecular weight excluding hydrogens is 229 g/mol. The Bertz CT molecular complexity index is 368. The Hall–Kier alpha value is -1.54. The second-order valence-electron chi connectivity index (χ2n) is 3.70. The van der Waals surface area contributed by atoms with Gasteiger partial charge < -0.3 is 0 Å². The van der Waals surface area contributed by atoms with Crippen molar-refractivity contribution in [3.63, 3.8) is 0 Å². The summed E-state index contributed by atoms with van der Waals surface area (Å²) in [6, 6.07) is 10.3. The molecule has 0 aliphatic rings. The molecule has 1 atom stereocenters. The first-order valence-corrected chi connectivity index (χ1v) is 5.25. The molecule has 1 aromatic carbocycles. The fourth-order valence-corrected chi connectivity index (χ4v) is 1.36. The lowest BCUT2D eigenvalue weighted by atomic mass is 10.1. The minimum absolute atomic E-state index is 0.215. The van der Waals surface area contributed by atoms with Crippen molar-refractivity contribution in [2.75, 3.05) is 0 Å². The number of nitrogens with one attached hydrogen (secondary N) is 1. The number of alkyl halides is 3. The van der Waals surface area contributed by atoms with Gasteiger partial charge in [0, 0.05) is 13.0 Å². The molecule has 0 amide bonds. The van der Waals surface area contributed by atoms with Gasteiger partial charge in [0.2, 0.25) is 0 Å². The third-order valence-corrected chi connectivity index (χ3v) is 2.27. The quantitative estimate of drug-likeness (QED) is 0.861. The van der Waals surface area contributed by atoms with Gasteiger partial charge in [-0.1, -0.05) is 30.3 Å².